The maximum atomic E-state index is 10.5. The fraction of sp³-hybridized carbons (Fsp3) is 1.00. The molecule has 2 nitrogen and oxygen atoms in total. The lowest BCUT2D eigenvalue weighted by Crippen LogP contribution is -2.49. The molecule has 2 rings (SSSR count). The van der Waals surface area contributed by atoms with Crippen LogP contribution in [0.3, 0.4) is 0 Å². The van der Waals surface area contributed by atoms with Crippen molar-refractivity contribution in [3.8, 4) is 0 Å². The van der Waals surface area contributed by atoms with Crippen LogP contribution in [0.1, 0.15) is 46.0 Å². The van der Waals surface area contributed by atoms with Crippen molar-refractivity contribution < 1.29 is 5.11 Å². The van der Waals surface area contributed by atoms with Gasteiger partial charge in [0.05, 0.1) is 5.60 Å². The van der Waals surface area contributed by atoms with Crippen LogP contribution < -0.4 is 5.32 Å². The lowest BCUT2D eigenvalue weighted by molar-refractivity contribution is -0.0512. The van der Waals surface area contributed by atoms with Gasteiger partial charge in [-0.3, -0.25) is 0 Å². The molecule has 2 fully saturated rings. The molecule has 0 aromatic rings. The summed E-state index contributed by atoms with van der Waals surface area (Å²) >= 11 is 0. The third kappa shape index (κ3) is 2.29. The minimum Gasteiger partial charge on any atom is -0.388 e. The molecule has 0 bridgehead atoms. The summed E-state index contributed by atoms with van der Waals surface area (Å²) < 4.78 is 0. The third-order valence-electron chi connectivity index (χ3n) is 4.02. The van der Waals surface area contributed by atoms with Gasteiger partial charge < -0.3 is 10.4 Å². The number of hydrogen-bond donors (Lipinski definition) is 2. The van der Waals surface area contributed by atoms with Crippen molar-refractivity contribution in [2.75, 3.05) is 6.54 Å². The van der Waals surface area contributed by atoms with E-state index in [0.717, 1.165) is 18.9 Å². The Morgan fingerprint density at radius 1 is 1.29 bits per heavy atom. The summed E-state index contributed by atoms with van der Waals surface area (Å²) in [6, 6.07) is 0.713. The maximum absolute atomic E-state index is 10.5. The summed E-state index contributed by atoms with van der Waals surface area (Å²) in [5, 5.41) is 13.9. The lowest BCUT2D eigenvalue weighted by Gasteiger charge is -2.41. The van der Waals surface area contributed by atoms with Crippen LogP contribution in [0.2, 0.25) is 0 Å². The van der Waals surface area contributed by atoms with Crippen LogP contribution >= 0.6 is 0 Å². The van der Waals surface area contributed by atoms with E-state index < -0.39 is 5.60 Å². The first-order valence-corrected chi connectivity index (χ1v) is 6.06. The SMILES string of the molecule is CC1CCC(O)(CNC2CC2)C(C)C1. The number of aliphatic hydroxyl groups is 1. The van der Waals surface area contributed by atoms with Gasteiger partial charge in [0.2, 0.25) is 0 Å². The molecule has 2 aliphatic rings. The van der Waals surface area contributed by atoms with Crippen LogP contribution in [-0.2, 0) is 0 Å². The summed E-state index contributed by atoms with van der Waals surface area (Å²) in [4.78, 5) is 0. The molecule has 0 amide bonds. The van der Waals surface area contributed by atoms with E-state index in [1.807, 2.05) is 0 Å². The van der Waals surface area contributed by atoms with E-state index in [2.05, 4.69) is 19.2 Å². The first kappa shape index (κ1) is 10.4. The van der Waals surface area contributed by atoms with Gasteiger partial charge in [0, 0.05) is 12.6 Å². The van der Waals surface area contributed by atoms with Crippen LogP contribution in [0.5, 0.6) is 0 Å². The fourth-order valence-electron chi connectivity index (χ4n) is 2.55. The summed E-state index contributed by atoms with van der Waals surface area (Å²) in [6.07, 6.45) is 5.97. The zero-order valence-electron chi connectivity index (χ0n) is 9.42. The second kappa shape index (κ2) is 3.82. The number of nitrogens with one attached hydrogen (secondary N) is 1. The zero-order chi connectivity index (χ0) is 10.2. The molecule has 2 heteroatoms. The van der Waals surface area contributed by atoms with Gasteiger partial charge in [-0.15, -0.1) is 0 Å². The second-order valence-corrected chi connectivity index (χ2v) is 5.54. The molecule has 2 N–H and O–H groups in total. The van der Waals surface area contributed by atoms with Crippen molar-refractivity contribution in [1.82, 2.24) is 5.32 Å². The fourth-order valence-corrected chi connectivity index (χ4v) is 2.55. The minimum atomic E-state index is -0.422. The molecule has 0 spiro atoms. The van der Waals surface area contributed by atoms with E-state index in [-0.39, 0.29) is 0 Å². The first-order valence-electron chi connectivity index (χ1n) is 6.06. The third-order valence-corrected chi connectivity index (χ3v) is 4.02. The Hall–Kier alpha value is -0.0800. The highest BCUT2D eigenvalue weighted by atomic mass is 16.3. The average Bonchev–Trinajstić information content (AvgIpc) is 2.93. The van der Waals surface area contributed by atoms with Gasteiger partial charge in [0.15, 0.2) is 0 Å². The number of hydrogen-bond acceptors (Lipinski definition) is 2. The van der Waals surface area contributed by atoms with Gasteiger partial charge in [0.25, 0.3) is 0 Å². The summed E-state index contributed by atoms with van der Waals surface area (Å²) in [5.41, 5.74) is -0.422. The van der Waals surface area contributed by atoms with Gasteiger partial charge in [0.1, 0.15) is 0 Å². The molecule has 0 aliphatic heterocycles. The van der Waals surface area contributed by atoms with Crippen LogP contribution in [0, 0.1) is 11.8 Å². The van der Waals surface area contributed by atoms with Gasteiger partial charge in [-0.1, -0.05) is 13.8 Å². The van der Waals surface area contributed by atoms with Crippen LogP contribution in [0.4, 0.5) is 0 Å². The van der Waals surface area contributed by atoms with Crippen LogP contribution in [0.25, 0.3) is 0 Å². The first-order chi connectivity index (χ1) is 6.60. The van der Waals surface area contributed by atoms with E-state index in [0.29, 0.717) is 12.0 Å². The van der Waals surface area contributed by atoms with E-state index in [1.54, 1.807) is 0 Å². The second-order valence-electron chi connectivity index (χ2n) is 5.54. The summed E-state index contributed by atoms with van der Waals surface area (Å²) in [7, 11) is 0. The van der Waals surface area contributed by atoms with Crippen LogP contribution in [0.15, 0.2) is 0 Å². The van der Waals surface area contributed by atoms with Gasteiger partial charge in [-0.25, -0.2) is 0 Å². The molecule has 0 radical (unpaired) electrons. The Labute approximate surface area is 87.1 Å². The van der Waals surface area contributed by atoms with E-state index in [4.69, 9.17) is 0 Å². The smallest absolute Gasteiger partial charge is 0.0797 e. The summed E-state index contributed by atoms with van der Waals surface area (Å²) in [5.74, 6) is 1.25. The topological polar surface area (TPSA) is 32.3 Å². The highest BCUT2D eigenvalue weighted by Crippen LogP contribution is 2.36. The van der Waals surface area contributed by atoms with E-state index >= 15 is 0 Å². The highest BCUT2D eigenvalue weighted by molar-refractivity contribution is 4.94. The van der Waals surface area contributed by atoms with Gasteiger partial charge >= 0.3 is 0 Å². The van der Waals surface area contributed by atoms with Crippen molar-refractivity contribution in [2.45, 2.75) is 57.6 Å². The van der Waals surface area contributed by atoms with Crippen molar-refractivity contribution in [3.05, 3.63) is 0 Å². The van der Waals surface area contributed by atoms with Crippen molar-refractivity contribution >= 4 is 0 Å². The van der Waals surface area contributed by atoms with Gasteiger partial charge in [-0.05, 0) is 43.9 Å². The molecular weight excluding hydrogens is 174 g/mol. The predicted molar refractivity (Wildman–Crippen MR) is 58.2 cm³/mol. The molecule has 0 aromatic carbocycles. The molecule has 0 saturated heterocycles. The lowest BCUT2D eigenvalue weighted by atomic mass is 9.72. The average molecular weight is 197 g/mol. The molecule has 2 aliphatic carbocycles. The Bertz CT molecular complexity index is 202. The monoisotopic (exact) mass is 197 g/mol. The Balaban J connectivity index is 1.85. The Kier molecular flexibility index (Phi) is 2.85. The Morgan fingerprint density at radius 2 is 2.00 bits per heavy atom. The molecular formula is C12H23NO. The maximum Gasteiger partial charge on any atom is 0.0797 e. The largest absolute Gasteiger partial charge is 0.388 e. The van der Waals surface area contributed by atoms with E-state index in [9.17, 15) is 5.11 Å². The zero-order valence-corrected chi connectivity index (χ0v) is 9.42. The molecule has 82 valence electrons. The quantitative estimate of drug-likeness (QED) is 0.724. The molecule has 0 aromatic heterocycles. The van der Waals surface area contributed by atoms with E-state index in [1.165, 1.54) is 25.7 Å². The highest BCUT2D eigenvalue weighted by Gasteiger charge is 2.39. The normalized spacial score (nSPS) is 43.9. The summed E-state index contributed by atoms with van der Waals surface area (Å²) in [6.45, 7) is 5.31. The Morgan fingerprint density at radius 3 is 2.57 bits per heavy atom. The molecule has 3 atom stereocenters. The number of rotatable bonds is 3. The standard InChI is InChI=1S/C12H23NO/c1-9-5-6-12(14,10(2)7-9)8-13-11-3-4-11/h9-11,13-14H,3-8H2,1-2H3. The predicted octanol–water partition coefficient (Wildman–Crippen LogP) is 1.93. The van der Waals surface area contributed by atoms with Gasteiger partial charge in [-0.2, -0.15) is 0 Å². The molecule has 14 heavy (non-hydrogen) atoms. The van der Waals surface area contributed by atoms with Crippen molar-refractivity contribution in [1.29, 1.82) is 0 Å². The van der Waals surface area contributed by atoms with Crippen molar-refractivity contribution in [3.63, 3.8) is 0 Å². The molecule has 3 unspecified atom stereocenters. The van der Waals surface area contributed by atoms with Crippen molar-refractivity contribution in [2.24, 2.45) is 11.8 Å². The molecule has 2 saturated carbocycles. The minimum absolute atomic E-state index is 0.422. The molecule has 0 heterocycles. The van der Waals surface area contributed by atoms with Crippen LogP contribution in [-0.4, -0.2) is 23.3 Å².